The number of hydrogen-bond acceptors (Lipinski definition) is 2. The van der Waals surface area contributed by atoms with Crippen LogP contribution in [0.5, 0.6) is 0 Å². The van der Waals surface area contributed by atoms with Crippen molar-refractivity contribution in [2.75, 3.05) is 0 Å². The van der Waals surface area contributed by atoms with E-state index in [1.807, 2.05) is 18.2 Å². The molecule has 6 heteroatoms. The Labute approximate surface area is 139 Å². The van der Waals surface area contributed by atoms with E-state index in [9.17, 15) is 13.6 Å². The number of benzene rings is 1. The number of carbonyl (C=O) groups is 1. The van der Waals surface area contributed by atoms with Crippen molar-refractivity contribution in [3.63, 3.8) is 0 Å². The molecule has 0 aliphatic heterocycles. The Morgan fingerprint density at radius 2 is 2.08 bits per heavy atom. The summed E-state index contributed by atoms with van der Waals surface area (Å²) < 4.78 is 27.3. The molecule has 1 heterocycles. The van der Waals surface area contributed by atoms with Crippen LogP contribution in [0.2, 0.25) is 0 Å². The first-order valence-corrected chi connectivity index (χ1v) is 8.21. The van der Waals surface area contributed by atoms with E-state index in [4.69, 9.17) is 0 Å². The van der Waals surface area contributed by atoms with Crippen molar-refractivity contribution in [2.45, 2.75) is 38.2 Å². The second-order valence-electron chi connectivity index (χ2n) is 6.33. The molecule has 1 N–H and O–H groups in total. The molecule has 1 fully saturated rings. The maximum absolute atomic E-state index is 13.1. The van der Waals surface area contributed by atoms with Gasteiger partial charge in [0.2, 0.25) is 0 Å². The Balaban J connectivity index is 1.69. The predicted molar refractivity (Wildman–Crippen MR) is 86.9 cm³/mol. The van der Waals surface area contributed by atoms with Crippen LogP contribution in [0.3, 0.4) is 0 Å². The lowest BCUT2D eigenvalue weighted by molar-refractivity contribution is 0.0911. The second kappa shape index (κ2) is 7.11. The van der Waals surface area contributed by atoms with E-state index in [2.05, 4.69) is 22.5 Å². The molecule has 0 saturated heterocycles. The molecule has 1 aliphatic carbocycles. The number of nitrogens with zero attached hydrogens (tertiary/aromatic N) is 2. The first kappa shape index (κ1) is 16.6. The summed E-state index contributed by atoms with van der Waals surface area (Å²) in [6, 6.07) is 10.2. The van der Waals surface area contributed by atoms with Crippen LogP contribution in [0.25, 0.3) is 0 Å². The number of aryl methyl sites for hydroxylation is 1. The van der Waals surface area contributed by atoms with Gasteiger partial charge in [-0.2, -0.15) is 5.10 Å². The van der Waals surface area contributed by atoms with E-state index in [-0.39, 0.29) is 17.3 Å². The van der Waals surface area contributed by atoms with Gasteiger partial charge < -0.3 is 5.32 Å². The van der Waals surface area contributed by atoms with Gasteiger partial charge in [0.25, 0.3) is 12.3 Å². The molecule has 0 spiro atoms. The largest absolute Gasteiger partial charge is 0.349 e. The predicted octanol–water partition coefficient (Wildman–Crippen LogP) is 3.50. The third-order valence-corrected chi connectivity index (χ3v) is 4.75. The number of carbonyl (C=O) groups excluding carboxylic acids is 1. The number of amides is 1. The smallest absolute Gasteiger partial charge is 0.280 e. The minimum atomic E-state index is -2.72. The average Bonchev–Trinajstić information content (AvgIpc) is 3.15. The summed E-state index contributed by atoms with van der Waals surface area (Å²) >= 11 is 0. The van der Waals surface area contributed by atoms with Gasteiger partial charge in [-0.15, -0.1) is 0 Å². The zero-order valence-electron chi connectivity index (χ0n) is 13.6. The van der Waals surface area contributed by atoms with Crippen molar-refractivity contribution < 1.29 is 13.6 Å². The topological polar surface area (TPSA) is 46.9 Å². The fraction of sp³-hybridized carbons (Fsp3) is 0.444. The van der Waals surface area contributed by atoms with Crippen LogP contribution in [0.4, 0.5) is 8.78 Å². The summed E-state index contributed by atoms with van der Waals surface area (Å²) in [4.78, 5) is 12.4. The zero-order chi connectivity index (χ0) is 17.1. The van der Waals surface area contributed by atoms with E-state index in [1.54, 1.807) is 0 Å². The van der Waals surface area contributed by atoms with Crippen LogP contribution in [0.1, 0.15) is 47.3 Å². The number of nitrogens with one attached hydrogen (secondary N) is 1. The summed E-state index contributed by atoms with van der Waals surface area (Å²) in [6.07, 6.45) is 2.35. The van der Waals surface area contributed by atoms with Gasteiger partial charge in [0.1, 0.15) is 5.69 Å². The van der Waals surface area contributed by atoms with E-state index in [0.29, 0.717) is 5.92 Å². The molecule has 0 radical (unpaired) electrons. The number of hydrogen-bond donors (Lipinski definition) is 1. The Kier molecular flexibility index (Phi) is 4.92. The molecule has 2 atom stereocenters. The molecule has 1 aliphatic rings. The van der Waals surface area contributed by atoms with E-state index >= 15 is 0 Å². The molecule has 2 unspecified atom stereocenters. The van der Waals surface area contributed by atoms with Gasteiger partial charge in [0.15, 0.2) is 0 Å². The van der Waals surface area contributed by atoms with Crippen LogP contribution < -0.4 is 5.32 Å². The molecular weight excluding hydrogens is 312 g/mol. The Morgan fingerprint density at radius 1 is 1.33 bits per heavy atom. The Bertz CT molecular complexity index is 700. The highest BCUT2D eigenvalue weighted by Crippen LogP contribution is 2.30. The molecule has 24 heavy (non-hydrogen) atoms. The molecule has 1 amide bonds. The van der Waals surface area contributed by atoms with Crippen LogP contribution in [0, 0.1) is 5.92 Å². The summed E-state index contributed by atoms with van der Waals surface area (Å²) in [5.41, 5.74) is 0.876. The minimum absolute atomic E-state index is 0.0171. The van der Waals surface area contributed by atoms with Crippen molar-refractivity contribution in [3.8, 4) is 0 Å². The van der Waals surface area contributed by atoms with Crippen LogP contribution in [-0.4, -0.2) is 21.7 Å². The third-order valence-electron chi connectivity index (χ3n) is 4.75. The normalized spacial score (nSPS) is 20.5. The monoisotopic (exact) mass is 333 g/mol. The maximum atomic E-state index is 13.1. The number of halogens is 2. The molecule has 4 nitrogen and oxygen atoms in total. The van der Waals surface area contributed by atoms with Crippen molar-refractivity contribution in [2.24, 2.45) is 13.0 Å². The highest BCUT2D eigenvalue weighted by molar-refractivity contribution is 5.95. The summed E-state index contributed by atoms with van der Waals surface area (Å²) in [7, 11) is 1.42. The SMILES string of the molecule is Cn1ncc(C(=O)NC2CCCC2Cc2ccccc2)c1C(F)F. The third kappa shape index (κ3) is 3.47. The standard InChI is InChI=1S/C18H21F2N3O/c1-23-16(17(19)20)14(11-21-23)18(24)22-15-9-5-8-13(15)10-12-6-3-2-4-7-12/h2-4,6-7,11,13,15,17H,5,8-10H2,1H3,(H,22,24). The van der Waals surface area contributed by atoms with Crippen molar-refractivity contribution in [1.82, 2.24) is 15.1 Å². The zero-order valence-corrected chi connectivity index (χ0v) is 13.6. The summed E-state index contributed by atoms with van der Waals surface area (Å²) in [5, 5.41) is 6.74. The van der Waals surface area contributed by atoms with Crippen LogP contribution >= 0.6 is 0 Å². The van der Waals surface area contributed by atoms with Crippen molar-refractivity contribution >= 4 is 5.91 Å². The molecule has 2 aromatic rings. The number of rotatable bonds is 5. The first-order chi connectivity index (χ1) is 11.6. The minimum Gasteiger partial charge on any atom is -0.349 e. The number of alkyl halides is 2. The van der Waals surface area contributed by atoms with E-state index < -0.39 is 12.3 Å². The fourth-order valence-corrected chi connectivity index (χ4v) is 3.51. The Hall–Kier alpha value is -2.24. The Morgan fingerprint density at radius 3 is 2.79 bits per heavy atom. The first-order valence-electron chi connectivity index (χ1n) is 8.21. The lowest BCUT2D eigenvalue weighted by Gasteiger charge is -2.21. The van der Waals surface area contributed by atoms with Crippen molar-refractivity contribution in [1.29, 1.82) is 0 Å². The van der Waals surface area contributed by atoms with Gasteiger partial charge in [0, 0.05) is 13.1 Å². The molecular formula is C18H21F2N3O. The molecule has 3 rings (SSSR count). The van der Waals surface area contributed by atoms with Crippen LogP contribution in [0.15, 0.2) is 36.5 Å². The molecule has 1 aromatic heterocycles. The average molecular weight is 333 g/mol. The highest BCUT2D eigenvalue weighted by atomic mass is 19.3. The van der Waals surface area contributed by atoms with Gasteiger partial charge in [0.05, 0.1) is 11.8 Å². The van der Waals surface area contributed by atoms with Gasteiger partial charge in [-0.3, -0.25) is 9.48 Å². The molecule has 1 saturated carbocycles. The lowest BCUT2D eigenvalue weighted by Crippen LogP contribution is -2.38. The number of aromatic nitrogens is 2. The van der Waals surface area contributed by atoms with Gasteiger partial charge in [-0.25, -0.2) is 8.78 Å². The summed E-state index contributed by atoms with van der Waals surface area (Å²) in [6.45, 7) is 0. The summed E-state index contributed by atoms with van der Waals surface area (Å²) in [5.74, 6) is -0.119. The molecule has 0 bridgehead atoms. The molecule has 1 aromatic carbocycles. The van der Waals surface area contributed by atoms with E-state index in [0.717, 1.165) is 30.4 Å². The van der Waals surface area contributed by atoms with Crippen LogP contribution in [-0.2, 0) is 13.5 Å². The highest BCUT2D eigenvalue weighted by Gasteiger charge is 2.31. The van der Waals surface area contributed by atoms with E-state index in [1.165, 1.54) is 18.8 Å². The van der Waals surface area contributed by atoms with Gasteiger partial charge in [-0.05, 0) is 30.7 Å². The fourth-order valence-electron chi connectivity index (χ4n) is 3.51. The second-order valence-corrected chi connectivity index (χ2v) is 6.33. The quantitative estimate of drug-likeness (QED) is 0.910. The van der Waals surface area contributed by atoms with Gasteiger partial charge in [-0.1, -0.05) is 36.8 Å². The van der Waals surface area contributed by atoms with Crippen molar-refractivity contribution in [3.05, 3.63) is 53.3 Å². The molecule has 128 valence electrons. The van der Waals surface area contributed by atoms with Gasteiger partial charge >= 0.3 is 0 Å². The lowest BCUT2D eigenvalue weighted by atomic mass is 9.94. The maximum Gasteiger partial charge on any atom is 0.280 e.